The summed E-state index contributed by atoms with van der Waals surface area (Å²) < 4.78 is 0. The Kier molecular flexibility index (Phi) is 3.56. The smallest absolute Gasteiger partial charge is 0.163 e. The van der Waals surface area contributed by atoms with Gasteiger partial charge in [-0.3, -0.25) is 0 Å². The molecular formula is C12H13ClN4. The van der Waals surface area contributed by atoms with Gasteiger partial charge in [-0.2, -0.15) is 0 Å². The number of halogens is 1. The molecule has 1 heterocycles. The van der Waals surface area contributed by atoms with Crippen LogP contribution in [0.25, 0.3) is 11.4 Å². The molecular weight excluding hydrogens is 236 g/mol. The van der Waals surface area contributed by atoms with Crippen molar-refractivity contribution in [2.75, 3.05) is 5.43 Å². The lowest BCUT2D eigenvalue weighted by Crippen LogP contribution is -2.10. The van der Waals surface area contributed by atoms with Gasteiger partial charge in [-0.25, -0.2) is 15.8 Å². The number of nitrogen functional groups attached to an aromatic ring is 1. The van der Waals surface area contributed by atoms with Crippen LogP contribution in [0, 0.1) is 0 Å². The highest BCUT2D eigenvalue weighted by atomic mass is 35.5. The van der Waals surface area contributed by atoms with E-state index >= 15 is 0 Å². The highest BCUT2D eigenvalue weighted by Gasteiger charge is 2.08. The number of aryl methyl sites for hydroxylation is 1. The van der Waals surface area contributed by atoms with Crippen molar-refractivity contribution >= 4 is 17.4 Å². The van der Waals surface area contributed by atoms with Crippen LogP contribution in [0.4, 0.5) is 5.82 Å². The average Bonchev–Trinajstić information content (AvgIpc) is 2.38. The van der Waals surface area contributed by atoms with Gasteiger partial charge in [0, 0.05) is 17.3 Å². The first-order valence-corrected chi connectivity index (χ1v) is 5.72. The van der Waals surface area contributed by atoms with Crippen LogP contribution in [0.15, 0.2) is 30.3 Å². The summed E-state index contributed by atoms with van der Waals surface area (Å²) >= 11 is 6.12. The van der Waals surface area contributed by atoms with Crippen molar-refractivity contribution in [1.82, 2.24) is 9.97 Å². The third-order valence-corrected chi connectivity index (χ3v) is 2.73. The summed E-state index contributed by atoms with van der Waals surface area (Å²) in [6, 6.07) is 9.29. The van der Waals surface area contributed by atoms with Gasteiger partial charge in [-0.1, -0.05) is 30.7 Å². The molecule has 0 saturated carbocycles. The number of nitrogens with zero attached hydrogens (tertiary/aromatic N) is 2. The summed E-state index contributed by atoms with van der Waals surface area (Å²) in [4.78, 5) is 8.74. The highest BCUT2D eigenvalue weighted by Crippen LogP contribution is 2.25. The number of benzene rings is 1. The van der Waals surface area contributed by atoms with Crippen molar-refractivity contribution in [2.24, 2.45) is 5.84 Å². The Labute approximate surface area is 105 Å². The fourth-order valence-electron chi connectivity index (χ4n) is 1.52. The lowest BCUT2D eigenvalue weighted by atomic mass is 10.2. The van der Waals surface area contributed by atoms with Crippen LogP contribution >= 0.6 is 11.6 Å². The third-order valence-electron chi connectivity index (χ3n) is 2.40. The molecule has 2 aromatic rings. The zero-order valence-electron chi connectivity index (χ0n) is 9.44. The van der Waals surface area contributed by atoms with E-state index in [0.717, 1.165) is 17.7 Å². The summed E-state index contributed by atoms with van der Waals surface area (Å²) in [6.45, 7) is 2.03. The SMILES string of the molecule is CCc1cc(NN)nc(-c2ccccc2Cl)n1. The fraction of sp³-hybridized carbons (Fsp3) is 0.167. The van der Waals surface area contributed by atoms with Crippen LogP contribution in [0.3, 0.4) is 0 Å². The molecule has 0 spiro atoms. The third kappa shape index (κ3) is 2.54. The molecule has 0 aliphatic carbocycles. The Bertz CT molecular complexity index is 505. The molecule has 0 radical (unpaired) electrons. The number of anilines is 1. The zero-order valence-corrected chi connectivity index (χ0v) is 10.2. The van der Waals surface area contributed by atoms with Crippen LogP contribution in [0.2, 0.25) is 5.02 Å². The van der Waals surface area contributed by atoms with Crippen LogP contribution in [0.1, 0.15) is 12.6 Å². The van der Waals surface area contributed by atoms with Gasteiger partial charge in [0.2, 0.25) is 0 Å². The second kappa shape index (κ2) is 5.12. The predicted molar refractivity (Wildman–Crippen MR) is 69.7 cm³/mol. The van der Waals surface area contributed by atoms with Crippen molar-refractivity contribution in [2.45, 2.75) is 13.3 Å². The predicted octanol–water partition coefficient (Wildman–Crippen LogP) is 2.65. The summed E-state index contributed by atoms with van der Waals surface area (Å²) in [5, 5.41) is 0.628. The maximum absolute atomic E-state index is 6.12. The Morgan fingerprint density at radius 1 is 1.29 bits per heavy atom. The minimum absolute atomic E-state index is 0.586. The van der Waals surface area contributed by atoms with Gasteiger partial charge in [-0.15, -0.1) is 0 Å². The van der Waals surface area contributed by atoms with E-state index in [1.54, 1.807) is 0 Å². The van der Waals surface area contributed by atoms with Crippen molar-refractivity contribution < 1.29 is 0 Å². The number of nitrogens with one attached hydrogen (secondary N) is 1. The molecule has 4 nitrogen and oxygen atoms in total. The Balaban J connectivity index is 2.55. The van der Waals surface area contributed by atoms with Gasteiger partial charge >= 0.3 is 0 Å². The normalized spacial score (nSPS) is 10.3. The molecule has 3 N–H and O–H groups in total. The molecule has 1 aromatic heterocycles. The van der Waals surface area contributed by atoms with Gasteiger partial charge in [-0.05, 0) is 18.6 Å². The topological polar surface area (TPSA) is 63.8 Å². The zero-order chi connectivity index (χ0) is 12.3. The molecule has 17 heavy (non-hydrogen) atoms. The summed E-state index contributed by atoms with van der Waals surface area (Å²) in [5.41, 5.74) is 4.26. The molecule has 1 aromatic carbocycles. The molecule has 5 heteroatoms. The van der Waals surface area contributed by atoms with E-state index in [2.05, 4.69) is 15.4 Å². The molecule has 0 fully saturated rings. The fourth-order valence-corrected chi connectivity index (χ4v) is 1.74. The largest absolute Gasteiger partial charge is 0.308 e. The van der Waals surface area contributed by atoms with Gasteiger partial charge < -0.3 is 5.43 Å². The Hall–Kier alpha value is -1.65. The van der Waals surface area contributed by atoms with Crippen LogP contribution < -0.4 is 11.3 Å². The number of nitrogens with two attached hydrogens (primary N) is 1. The maximum Gasteiger partial charge on any atom is 0.163 e. The lowest BCUT2D eigenvalue weighted by Gasteiger charge is -2.07. The standard InChI is InChI=1S/C12H13ClN4/c1-2-8-7-11(17-14)16-12(15-8)9-5-3-4-6-10(9)13/h3-7H,2,14H2,1H3,(H,15,16,17). The molecule has 88 valence electrons. The number of rotatable bonds is 3. The van der Waals surface area contributed by atoms with Crippen molar-refractivity contribution in [3.8, 4) is 11.4 Å². The van der Waals surface area contributed by atoms with Gasteiger partial charge in [0.15, 0.2) is 5.82 Å². The molecule has 0 atom stereocenters. The van der Waals surface area contributed by atoms with Crippen LogP contribution in [-0.2, 0) is 6.42 Å². The van der Waals surface area contributed by atoms with Crippen molar-refractivity contribution in [1.29, 1.82) is 0 Å². The molecule has 0 saturated heterocycles. The van der Waals surface area contributed by atoms with Gasteiger partial charge in [0.1, 0.15) is 5.82 Å². The number of aromatic nitrogens is 2. The van der Waals surface area contributed by atoms with Crippen molar-refractivity contribution in [3.05, 3.63) is 41.0 Å². The number of hydrogen-bond donors (Lipinski definition) is 2. The first-order chi connectivity index (χ1) is 8.24. The van der Waals surface area contributed by atoms with E-state index in [4.69, 9.17) is 17.4 Å². The molecule has 0 aliphatic heterocycles. The second-order valence-corrected chi connectivity index (χ2v) is 3.95. The Morgan fingerprint density at radius 2 is 2.06 bits per heavy atom. The van der Waals surface area contributed by atoms with Gasteiger partial charge in [0.05, 0.1) is 5.02 Å². The van der Waals surface area contributed by atoms with E-state index in [1.807, 2.05) is 37.3 Å². The van der Waals surface area contributed by atoms with Crippen LogP contribution in [-0.4, -0.2) is 9.97 Å². The van der Waals surface area contributed by atoms with Crippen molar-refractivity contribution in [3.63, 3.8) is 0 Å². The average molecular weight is 249 g/mol. The molecule has 2 rings (SSSR count). The monoisotopic (exact) mass is 248 g/mol. The Morgan fingerprint density at radius 3 is 2.71 bits per heavy atom. The first kappa shape index (κ1) is 11.8. The lowest BCUT2D eigenvalue weighted by molar-refractivity contribution is 1.00. The highest BCUT2D eigenvalue weighted by molar-refractivity contribution is 6.33. The van der Waals surface area contributed by atoms with E-state index in [1.165, 1.54) is 0 Å². The minimum atomic E-state index is 0.586. The van der Waals surface area contributed by atoms with Crippen LogP contribution in [0.5, 0.6) is 0 Å². The summed E-state index contributed by atoms with van der Waals surface area (Å²) in [7, 11) is 0. The minimum Gasteiger partial charge on any atom is -0.308 e. The quantitative estimate of drug-likeness (QED) is 0.648. The maximum atomic E-state index is 6.12. The molecule has 0 unspecified atom stereocenters. The molecule has 0 bridgehead atoms. The first-order valence-electron chi connectivity index (χ1n) is 5.34. The van der Waals surface area contributed by atoms with E-state index in [-0.39, 0.29) is 0 Å². The van der Waals surface area contributed by atoms with E-state index < -0.39 is 0 Å². The number of hydrazine groups is 1. The van der Waals surface area contributed by atoms with E-state index in [0.29, 0.717) is 16.7 Å². The molecule has 0 amide bonds. The van der Waals surface area contributed by atoms with E-state index in [9.17, 15) is 0 Å². The number of hydrogen-bond acceptors (Lipinski definition) is 4. The van der Waals surface area contributed by atoms with Gasteiger partial charge in [0.25, 0.3) is 0 Å². The summed E-state index contributed by atoms with van der Waals surface area (Å²) in [6.07, 6.45) is 0.814. The second-order valence-electron chi connectivity index (χ2n) is 3.55. The molecule has 0 aliphatic rings. The summed E-state index contributed by atoms with van der Waals surface area (Å²) in [5.74, 6) is 6.56.